The van der Waals surface area contributed by atoms with E-state index in [0.717, 1.165) is 22.0 Å². The van der Waals surface area contributed by atoms with E-state index < -0.39 is 12.1 Å². The fourth-order valence-corrected chi connectivity index (χ4v) is 4.31. The van der Waals surface area contributed by atoms with Gasteiger partial charge in [0.1, 0.15) is 16.7 Å². The Hall–Kier alpha value is -4.21. The van der Waals surface area contributed by atoms with Crippen LogP contribution in [0.5, 0.6) is 0 Å². The Morgan fingerprint density at radius 2 is 1.86 bits per heavy atom. The zero-order chi connectivity index (χ0) is 25.1. The van der Waals surface area contributed by atoms with Gasteiger partial charge in [0.15, 0.2) is 5.82 Å². The van der Waals surface area contributed by atoms with Gasteiger partial charge < -0.3 is 16.0 Å². The van der Waals surface area contributed by atoms with E-state index in [2.05, 4.69) is 31.3 Å². The molecule has 5 aromatic rings. The minimum atomic E-state index is -0.494. The Morgan fingerprint density at radius 1 is 1.03 bits per heavy atom. The van der Waals surface area contributed by atoms with Crippen LogP contribution < -0.4 is 21.9 Å². The SMILES string of the molecule is Nc1n[nH]c2cc(-c3nc(C(Cc4ccccc4)NC(=O)NNc4cccc(Cl)c4)[nH]c3Cl)ccc12. The molecule has 2 amide bonds. The van der Waals surface area contributed by atoms with Gasteiger partial charge in [-0.1, -0.05) is 65.7 Å². The summed E-state index contributed by atoms with van der Waals surface area (Å²) in [4.78, 5) is 20.6. The summed E-state index contributed by atoms with van der Waals surface area (Å²) in [5.74, 6) is 0.941. The number of benzene rings is 3. The summed E-state index contributed by atoms with van der Waals surface area (Å²) in [6, 6.07) is 21.5. The van der Waals surface area contributed by atoms with E-state index in [1.165, 1.54) is 0 Å². The molecule has 2 aromatic heterocycles. The van der Waals surface area contributed by atoms with Gasteiger partial charge in [0.05, 0.1) is 17.2 Å². The number of imidazole rings is 1. The van der Waals surface area contributed by atoms with Crippen LogP contribution in [0.25, 0.3) is 22.2 Å². The second-order valence-electron chi connectivity index (χ2n) is 8.13. The van der Waals surface area contributed by atoms with Gasteiger partial charge in [-0.3, -0.25) is 16.0 Å². The maximum absolute atomic E-state index is 12.8. The quantitative estimate of drug-likeness (QED) is 0.158. The van der Waals surface area contributed by atoms with Gasteiger partial charge >= 0.3 is 6.03 Å². The van der Waals surface area contributed by atoms with E-state index in [9.17, 15) is 4.79 Å². The van der Waals surface area contributed by atoms with Crippen molar-refractivity contribution in [2.24, 2.45) is 0 Å². The molecule has 0 fully saturated rings. The van der Waals surface area contributed by atoms with Crippen molar-refractivity contribution in [2.45, 2.75) is 12.5 Å². The number of aromatic amines is 2. The molecule has 0 spiro atoms. The number of nitrogens with zero attached hydrogens (tertiary/aromatic N) is 2. The van der Waals surface area contributed by atoms with Gasteiger partial charge in [-0.25, -0.2) is 9.78 Å². The lowest BCUT2D eigenvalue weighted by molar-refractivity contribution is 0.238. The van der Waals surface area contributed by atoms with E-state index in [-0.39, 0.29) is 0 Å². The molecule has 0 aliphatic carbocycles. The molecule has 3 aromatic carbocycles. The number of nitrogens with two attached hydrogens (primary N) is 1. The average molecular weight is 521 g/mol. The monoisotopic (exact) mass is 520 g/mol. The predicted molar refractivity (Wildman–Crippen MR) is 143 cm³/mol. The van der Waals surface area contributed by atoms with E-state index in [4.69, 9.17) is 33.9 Å². The molecule has 0 radical (unpaired) electrons. The Labute approximate surface area is 216 Å². The maximum atomic E-state index is 12.8. The third-order valence-electron chi connectivity index (χ3n) is 5.61. The molecule has 0 saturated carbocycles. The van der Waals surface area contributed by atoms with Crippen LogP contribution >= 0.6 is 23.2 Å². The molecule has 0 aliphatic heterocycles. The molecule has 7 N–H and O–H groups in total. The number of H-pyrrole nitrogens is 2. The topological polar surface area (TPSA) is 137 Å². The minimum Gasteiger partial charge on any atom is -0.382 e. The molecule has 1 unspecified atom stereocenters. The fourth-order valence-electron chi connectivity index (χ4n) is 3.87. The first kappa shape index (κ1) is 23.5. The number of aromatic nitrogens is 4. The number of carbonyl (C=O) groups excluding carboxylic acids is 1. The minimum absolute atomic E-state index is 0.356. The van der Waals surface area contributed by atoms with Gasteiger partial charge in [-0.15, -0.1) is 0 Å². The zero-order valence-electron chi connectivity index (χ0n) is 18.8. The first-order valence-electron chi connectivity index (χ1n) is 11.1. The van der Waals surface area contributed by atoms with Crippen molar-refractivity contribution in [3.8, 4) is 11.3 Å². The molecule has 182 valence electrons. The number of anilines is 2. The molecule has 0 bridgehead atoms. The van der Waals surface area contributed by atoms with Crippen molar-refractivity contribution in [3.63, 3.8) is 0 Å². The van der Waals surface area contributed by atoms with Crippen molar-refractivity contribution in [2.75, 3.05) is 11.2 Å². The summed E-state index contributed by atoms with van der Waals surface area (Å²) >= 11 is 12.6. The van der Waals surface area contributed by atoms with Gasteiger partial charge in [0, 0.05) is 16.0 Å². The summed E-state index contributed by atoms with van der Waals surface area (Å²) in [6.45, 7) is 0. The van der Waals surface area contributed by atoms with E-state index in [1.807, 2.05) is 48.5 Å². The maximum Gasteiger partial charge on any atom is 0.334 e. The van der Waals surface area contributed by atoms with Gasteiger partial charge in [-0.2, -0.15) is 5.10 Å². The smallest absolute Gasteiger partial charge is 0.334 e. The third kappa shape index (κ3) is 5.22. The second kappa shape index (κ2) is 10.2. The van der Waals surface area contributed by atoms with Crippen LogP contribution in [0.4, 0.5) is 16.3 Å². The number of nitrogen functional groups attached to an aromatic ring is 1. The molecular weight excluding hydrogens is 499 g/mol. The highest BCUT2D eigenvalue weighted by atomic mass is 35.5. The number of hydrogen-bond acceptors (Lipinski definition) is 5. The van der Waals surface area contributed by atoms with Crippen LogP contribution in [-0.2, 0) is 6.42 Å². The van der Waals surface area contributed by atoms with Gasteiger partial charge in [0.25, 0.3) is 0 Å². The standard InChI is InChI=1S/C25H22Cl2N8O/c26-16-7-4-8-17(13-16)32-35-25(36)29-20(11-14-5-2-1-3-6-14)24-30-21(22(27)31-24)15-9-10-18-19(12-15)33-34-23(18)28/h1-10,12-13,20,32H,11H2,(H,30,31)(H3,28,33,34)(H2,29,35,36). The van der Waals surface area contributed by atoms with Crippen molar-refractivity contribution in [1.82, 2.24) is 30.9 Å². The summed E-state index contributed by atoms with van der Waals surface area (Å²) in [6.07, 6.45) is 0.491. The largest absolute Gasteiger partial charge is 0.382 e. The van der Waals surface area contributed by atoms with Crippen molar-refractivity contribution in [1.29, 1.82) is 0 Å². The van der Waals surface area contributed by atoms with E-state index in [1.54, 1.807) is 24.3 Å². The first-order valence-corrected chi connectivity index (χ1v) is 11.8. The lowest BCUT2D eigenvalue weighted by Crippen LogP contribution is -2.41. The number of rotatable bonds is 7. The van der Waals surface area contributed by atoms with E-state index in [0.29, 0.717) is 39.6 Å². The Morgan fingerprint density at radius 3 is 2.67 bits per heavy atom. The molecule has 5 rings (SSSR count). The highest BCUT2D eigenvalue weighted by Gasteiger charge is 2.22. The lowest BCUT2D eigenvalue weighted by atomic mass is 10.1. The van der Waals surface area contributed by atoms with Crippen LogP contribution in [0.3, 0.4) is 0 Å². The molecule has 0 saturated heterocycles. The van der Waals surface area contributed by atoms with Crippen LogP contribution in [0.15, 0.2) is 72.8 Å². The molecule has 2 heterocycles. The normalized spacial score (nSPS) is 11.8. The summed E-state index contributed by atoms with van der Waals surface area (Å²) in [5.41, 5.74) is 15.1. The van der Waals surface area contributed by atoms with E-state index >= 15 is 0 Å². The predicted octanol–water partition coefficient (Wildman–Crippen LogP) is 5.45. The number of hydrazine groups is 1. The first-order chi connectivity index (χ1) is 17.5. The Kier molecular flexibility index (Phi) is 6.66. The number of halogens is 2. The molecule has 11 heteroatoms. The molecule has 9 nitrogen and oxygen atoms in total. The van der Waals surface area contributed by atoms with Gasteiger partial charge in [0.2, 0.25) is 0 Å². The summed E-state index contributed by atoms with van der Waals surface area (Å²) < 4.78 is 0. The highest BCUT2D eigenvalue weighted by Crippen LogP contribution is 2.31. The number of carbonyl (C=O) groups is 1. The average Bonchev–Trinajstić information content (AvgIpc) is 3.45. The molecule has 1 atom stereocenters. The molecular formula is C25H22Cl2N8O. The number of urea groups is 1. The Bertz CT molecular complexity index is 1520. The molecule has 36 heavy (non-hydrogen) atoms. The van der Waals surface area contributed by atoms with Crippen molar-refractivity contribution >= 4 is 51.6 Å². The highest BCUT2D eigenvalue weighted by molar-refractivity contribution is 6.32. The molecule has 0 aliphatic rings. The second-order valence-corrected chi connectivity index (χ2v) is 8.94. The number of nitrogens with one attached hydrogen (secondary N) is 5. The summed E-state index contributed by atoms with van der Waals surface area (Å²) in [5, 5.41) is 11.6. The van der Waals surface area contributed by atoms with Crippen LogP contribution in [0.1, 0.15) is 17.4 Å². The van der Waals surface area contributed by atoms with Crippen LogP contribution in [0, 0.1) is 0 Å². The van der Waals surface area contributed by atoms with Gasteiger partial charge in [-0.05, 0) is 42.3 Å². The van der Waals surface area contributed by atoms with Crippen molar-refractivity contribution in [3.05, 3.63) is 94.4 Å². The number of amides is 2. The lowest BCUT2D eigenvalue weighted by Gasteiger charge is -2.18. The van der Waals surface area contributed by atoms with Crippen molar-refractivity contribution < 1.29 is 4.79 Å². The number of fused-ring (bicyclic) bond motifs is 1. The fraction of sp³-hybridized carbons (Fsp3) is 0.0800. The van der Waals surface area contributed by atoms with Crippen LogP contribution in [-0.4, -0.2) is 26.2 Å². The third-order valence-corrected chi connectivity index (χ3v) is 6.12. The Balaban J connectivity index is 1.39. The summed E-state index contributed by atoms with van der Waals surface area (Å²) in [7, 11) is 0. The number of hydrogen-bond donors (Lipinski definition) is 6. The van der Waals surface area contributed by atoms with Crippen LogP contribution in [0.2, 0.25) is 10.2 Å². The zero-order valence-corrected chi connectivity index (χ0v) is 20.4.